The summed E-state index contributed by atoms with van der Waals surface area (Å²) in [7, 11) is 0. The second-order valence-electron chi connectivity index (χ2n) is 4.37. The molecule has 1 saturated heterocycles. The van der Waals surface area contributed by atoms with Crippen LogP contribution in [0.4, 0.5) is 0 Å². The van der Waals surface area contributed by atoms with Crippen LogP contribution in [-0.2, 0) is 6.54 Å². The van der Waals surface area contributed by atoms with E-state index in [9.17, 15) is 0 Å². The number of imidazole rings is 1. The molecular formula is C12H21N3. The van der Waals surface area contributed by atoms with Gasteiger partial charge in [-0.15, -0.1) is 0 Å². The number of nitrogens with zero attached hydrogens (tertiary/aromatic N) is 2. The molecule has 1 N–H and O–H groups in total. The second-order valence-corrected chi connectivity index (χ2v) is 4.37. The van der Waals surface area contributed by atoms with Crippen molar-refractivity contribution < 1.29 is 0 Å². The highest BCUT2D eigenvalue weighted by Crippen LogP contribution is 2.22. The Labute approximate surface area is 91.9 Å². The van der Waals surface area contributed by atoms with Gasteiger partial charge in [0.1, 0.15) is 0 Å². The van der Waals surface area contributed by atoms with Crippen molar-refractivity contribution in [3.05, 3.63) is 18.2 Å². The largest absolute Gasteiger partial charge is 0.333 e. The quantitative estimate of drug-likeness (QED) is 0.752. The van der Waals surface area contributed by atoms with Crippen molar-refractivity contribution in [3.8, 4) is 0 Å². The molecule has 1 atom stereocenters. The first-order valence-electron chi connectivity index (χ1n) is 6.15. The molecule has 3 heteroatoms. The summed E-state index contributed by atoms with van der Waals surface area (Å²) in [5, 5.41) is 3.53. The van der Waals surface area contributed by atoms with Gasteiger partial charge in [-0.05, 0) is 25.8 Å². The molecule has 0 radical (unpaired) electrons. The summed E-state index contributed by atoms with van der Waals surface area (Å²) in [6, 6.07) is 0.550. The normalized spacial score (nSPS) is 21.0. The lowest BCUT2D eigenvalue weighted by molar-refractivity contribution is 0.535. The fourth-order valence-corrected chi connectivity index (χ4v) is 2.28. The maximum absolute atomic E-state index is 4.27. The zero-order valence-electron chi connectivity index (χ0n) is 9.58. The summed E-state index contributed by atoms with van der Waals surface area (Å²) in [5.74, 6) is 0. The Balaban J connectivity index is 1.95. The number of unbranched alkanes of at least 4 members (excludes halogenated alkanes) is 2. The minimum atomic E-state index is 0.550. The number of rotatable bonds is 5. The highest BCUT2D eigenvalue weighted by atomic mass is 15.1. The van der Waals surface area contributed by atoms with Crippen molar-refractivity contribution in [1.82, 2.24) is 14.9 Å². The number of aromatic nitrogens is 2. The van der Waals surface area contributed by atoms with Crippen LogP contribution in [0, 0.1) is 0 Å². The summed E-state index contributed by atoms with van der Waals surface area (Å²) in [6.07, 6.45) is 10.4. The molecule has 0 spiro atoms. The molecule has 0 aliphatic carbocycles. The molecule has 0 saturated carbocycles. The molecule has 1 aromatic heterocycles. The van der Waals surface area contributed by atoms with E-state index in [0.717, 1.165) is 13.1 Å². The fraction of sp³-hybridized carbons (Fsp3) is 0.750. The SMILES string of the molecule is CCCCCn1cncc1[C@@H]1CCCN1. The van der Waals surface area contributed by atoms with Crippen LogP contribution in [0.15, 0.2) is 12.5 Å². The average Bonchev–Trinajstić information content (AvgIpc) is 2.87. The molecule has 84 valence electrons. The van der Waals surface area contributed by atoms with E-state index in [0.29, 0.717) is 6.04 Å². The summed E-state index contributed by atoms with van der Waals surface area (Å²) >= 11 is 0. The molecule has 0 amide bonds. The Kier molecular flexibility index (Phi) is 3.78. The van der Waals surface area contributed by atoms with E-state index in [1.54, 1.807) is 0 Å². The van der Waals surface area contributed by atoms with Crippen LogP contribution in [0.2, 0.25) is 0 Å². The molecule has 1 aliphatic rings. The predicted octanol–water partition coefficient (Wildman–Crippen LogP) is 2.50. The highest BCUT2D eigenvalue weighted by molar-refractivity contribution is 5.07. The smallest absolute Gasteiger partial charge is 0.0948 e. The van der Waals surface area contributed by atoms with Crippen molar-refractivity contribution in [2.45, 2.75) is 51.6 Å². The maximum Gasteiger partial charge on any atom is 0.0948 e. The van der Waals surface area contributed by atoms with Crippen LogP contribution < -0.4 is 5.32 Å². The number of nitrogens with one attached hydrogen (secondary N) is 1. The van der Waals surface area contributed by atoms with Crippen molar-refractivity contribution in [2.24, 2.45) is 0 Å². The maximum atomic E-state index is 4.27. The number of hydrogen-bond acceptors (Lipinski definition) is 2. The van der Waals surface area contributed by atoms with Gasteiger partial charge in [-0.25, -0.2) is 4.98 Å². The lowest BCUT2D eigenvalue weighted by Crippen LogP contribution is -2.16. The highest BCUT2D eigenvalue weighted by Gasteiger charge is 2.19. The molecule has 15 heavy (non-hydrogen) atoms. The van der Waals surface area contributed by atoms with Gasteiger partial charge in [0.2, 0.25) is 0 Å². The molecule has 3 nitrogen and oxygen atoms in total. The summed E-state index contributed by atoms with van der Waals surface area (Å²) in [5.41, 5.74) is 1.38. The number of hydrogen-bond donors (Lipinski definition) is 1. The first kappa shape index (κ1) is 10.7. The van der Waals surface area contributed by atoms with Gasteiger partial charge in [0, 0.05) is 18.8 Å². The number of aryl methyl sites for hydroxylation is 1. The van der Waals surface area contributed by atoms with E-state index in [2.05, 4.69) is 21.8 Å². The van der Waals surface area contributed by atoms with Gasteiger partial charge in [0.25, 0.3) is 0 Å². The third-order valence-electron chi connectivity index (χ3n) is 3.16. The van der Waals surface area contributed by atoms with Gasteiger partial charge in [0.05, 0.1) is 12.0 Å². The van der Waals surface area contributed by atoms with Crippen LogP contribution in [-0.4, -0.2) is 16.1 Å². The van der Waals surface area contributed by atoms with Gasteiger partial charge in [-0.1, -0.05) is 19.8 Å². The first-order chi connectivity index (χ1) is 7.42. The standard InChI is InChI=1S/C12H21N3/c1-2-3-4-8-15-10-13-9-12(15)11-6-5-7-14-11/h9-11,14H,2-8H2,1H3/t11-/m0/s1. The topological polar surface area (TPSA) is 29.9 Å². The molecule has 0 unspecified atom stereocenters. The Morgan fingerprint density at radius 1 is 1.53 bits per heavy atom. The molecule has 1 aromatic rings. The van der Waals surface area contributed by atoms with Gasteiger partial charge in [0.15, 0.2) is 0 Å². The lowest BCUT2D eigenvalue weighted by atomic mass is 10.1. The van der Waals surface area contributed by atoms with E-state index >= 15 is 0 Å². The predicted molar refractivity (Wildman–Crippen MR) is 61.7 cm³/mol. The van der Waals surface area contributed by atoms with Crippen molar-refractivity contribution in [2.75, 3.05) is 6.54 Å². The molecule has 2 heterocycles. The molecular weight excluding hydrogens is 186 g/mol. The van der Waals surface area contributed by atoms with Gasteiger partial charge >= 0.3 is 0 Å². The van der Waals surface area contributed by atoms with E-state index in [4.69, 9.17) is 0 Å². The lowest BCUT2D eigenvalue weighted by Gasteiger charge is -2.13. The Bertz CT molecular complexity index is 287. The fourth-order valence-electron chi connectivity index (χ4n) is 2.28. The zero-order valence-corrected chi connectivity index (χ0v) is 9.58. The van der Waals surface area contributed by atoms with Gasteiger partial charge < -0.3 is 9.88 Å². The molecule has 0 bridgehead atoms. The van der Waals surface area contributed by atoms with E-state index in [1.807, 2.05) is 12.5 Å². The molecule has 1 aliphatic heterocycles. The summed E-state index contributed by atoms with van der Waals surface area (Å²) < 4.78 is 2.32. The van der Waals surface area contributed by atoms with E-state index in [1.165, 1.54) is 37.8 Å². The van der Waals surface area contributed by atoms with Gasteiger partial charge in [-0.3, -0.25) is 0 Å². The molecule has 1 fully saturated rings. The monoisotopic (exact) mass is 207 g/mol. The third-order valence-corrected chi connectivity index (χ3v) is 3.16. The Morgan fingerprint density at radius 3 is 3.20 bits per heavy atom. The average molecular weight is 207 g/mol. The van der Waals surface area contributed by atoms with Crippen molar-refractivity contribution in [3.63, 3.8) is 0 Å². The van der Waals surface area contributed by atoms with Gasteiger partial charge in [-0.2, -0.15) is 0 Å². The van der Waals surface area contributed by atoms with Crippen molar-refractivity contribution in [1.29, 1.82) is 0 Å². The van der Waals surface area contributed by atoms with Crippen LogP contribution in [0.1, 0.15) is 50.8 Å². The van der Waals surface area contributed by atoms with Crippen LogP contribution in [0.3, 0.4) is 0 Å². The molecule has 2 rings (SSSR count). The van der Waals surface area contributed by atoms with Crippen LogP contribution >= 0.6 is 0 Å². The Morgan fingerprint density at radius 2 is 2.47 bits per heavy atom. The minimum Gasteiger partial charge on any atom is -0.333 e. The Hall–Kier alpha value is -0.830. The zero-order chi connectivity index (χ0) is 10.5. The van der Waals surface area contributed by atoms with Crippen LogP contribution in [0.5, 0.6) is 0 Å². The van der Waals surface area contributed by atoms with Crippen LogP contribution in [0.25, 0.3) is 0 Å². The third kappa shape index (κ3) is 2.59. The summed E-state index contributed by atoms with van der Waals surface area (Å²) in [4.78, 5) is 4.27. The van der Waals surface area contributed by atoms with Crippen molar-refractivity contribution >= 4 is 0 Å². The second kappa shape index (κ2) is 5.31. The first-order valence-corrected chi connectivity index (χ1v) is 6.15. The van der Waals surface area contributed by atoms with E-state index in [-0.39, 0.29) is 0 Å². The minimum absolute atomic E-state index is 0.550. The molecule has 0 aromatic carbocycles. The van der Waals surface area contributed by atoms with E-state index < -0.39 is 0 Å². The summed E-state index contributed by atoms with van der Waals surface area (Å²) in [6.45, 7) is 4.53.